The number of hydrogen-bond donors (Lipinski definition) is 1. The molecule has 1 atom stereocenters. The van der Waals surface area contributed by atoms with Crippen molar-refractivity contribution >= 4 is 11.6 Å². The van der Waals surface area contributed by atoms with E-state index in [1.807, 2.05) is 4.68 Å². The van der Waals surface area contributed by atoms with Gasteiger partial charge in [-0.1, -0.05) is 25.4 Å². The second kappa shape index (κ2) is 6.23. The first-order chi connectivity index (χ1) is 7.56. The zero-order valence-corrected chi connectivity index (χ0v) is 10.9. The summed E-state index contributed by atoms with van der Waals surface area (Å²) in [6.45, 7) is 5.58. The van der Waals surface area contributed by atoms with Crippen molar-refractivity contribution in [3.8, 4) is 0 Å². The van der Waals surface area contributed by atoms with Crippen molar-refractivity contribution < 1.29 is 4.74 Å². The van der Waals surface area contributed by atoms with Crippen molar-refractivity contribution in [1.29, 1.82) is 0 Å². The van der Waals surface area contributed by atoms with E-state index in [2.05, 4.69) is 18.9 Å². The molecule has 0 fully saturated rings. The second-order valence-corrected chi connectivity index (χ2v) is 4.74. The Morgan fingerprint density at radius 1 is 1.56 bits per heavy atom. The van der Waals surface area contributed by atoms with Gasteiger partial charge in [-0.05, 0) is 12.3 Å². The lowest BCUT2D eigenvalue weighted by molar-refractivity contribution is 0.181. The Balaban J connectivity index is 2.79. The molecule has 0 saturated carbocycles. The Bertz CT molecular complexity index is 325. The van der Waals surface area contributed by atoms with Crippen LogP contribution in [0.15, 0.2) is 6.20 Å². The fraction of sp³-hybridized carbons (Fsp3) is 0.727. The number of nitrogens with two attached hydrogens (primary N) is 1. The predicted octanol–water partition coefficient (Wildman–Crippen LogP) is 2.23. The number of nitrogens with zero attached hydrogens (tertiary/aromatic N) is 2. The van der Waals surface area contributed by atoms with E-state index in [1.165, 1.54) is 0 Å². The Morgan fingerprint density at radius 3 is 2.81 bits per heavy atom. The first-order valence-electron chi connectivity index (χ1n) is 5.52. The molecule has 5 heteroatoms. The van der Waals surface area contributed by atoms with Crippen molar-refractivity contribution in [2.24, 2.45) is 11.7 Å². The molecule has 0 aromatic carbocycles. The first kappa shape index (κ1) is 13.5. The van der Waals surface area contributed by atoms with Crippen LogP contribution in [-0.2, 0) is 11.3 Å². The van der Waals surface area contributed by atoms with Crippen LogP contribution in [0.2, 0.25) is 5.02 Å². The molecule has 0 aliphatic rings. The summed E-state index contributed by atoms with van der Waals surface area (Å²) in [7, 11) is 1.67. The van der Waals surface area contributed by atoms with Crippen LogP contribution in [0.4, 0.5) is 0 Å². The van der Waals surface area contributed by atoms with E-state index >= 15 is 0 Å². The lowest BCUT2D eigenvalue weighted by Gasteiger charge is -2.16. The summed E-state index contributed by atoms with van der Waals surface area (Å²) in [6, 6.07) is -0.0631. The molecule has 1 aromatic rings. The van der Waals surface area contributed by atoms with Crippen LogP contribution in [-0.4, -0.2) is 23.5 Å². The van der Waals surface area contributed by atoms with E-state index in [0.29, 0.717) is 24.1 Å². The second-order valence-electron chi connectivity index (χ2n) is 4.33. The van der Waals surface area contributed by atoms with E-state index in [9.17, 15) is 0 Å². The number of ether oxygens (including phenoxy) is 1. The lowest BCUT2D eigenvalue weighted by Crippen LogP contribution is -2.20. The molecule has 0 aliphatic carbocycles. The van der Waals surface area contributed by atoms with Gasteiger partial charge in [0.1, 0.15) is 0 Å². The monoisotopic (exact) mass is 245 g/mol. The topological polar surface area (TPSA) is 53.1 Å². The molecule has 16 heavy (non-hydrogen) atoms. The largest absolute Gasteiger partial charge is 0.383 e. The van der Waals surface area contributed by atoms with Crippen LogP contribution < -0.4 is 5.73 Å². The molecule has 1 aromatic heterocycles. The number of hydrogen-bond acceptors (Lipinski definition) is 3. The fourth-order valence-corrected chi connectivity index (χ4v) is 2.00. The zero-order chi connectivity index (χ0) is 12.1. The Labute approximate surface area is 102 Å². The van der Waals surface area contributed by atoms with Gasteiger partial charge in [0.25, 0.3) is 0 Å². The van der Waals surface area contributed by atoms with Crippen molar-refractivity contribution in [3.63, 3.8) is 0 Å². The van der Waals surface area contributed by atoms with Gasteiger partial charge >= 0.3 is 0 Å². The standard InChI is InChI=1S/C11H20ClN3O/c1-8(2)6-10(13)11-9(12)7-14-15(11)4-5-16-3/h7-8,10H,4-6,13H2,1-3H3. The minimum atomic E-state index is -0.0631. The maximum Gasteiger partial charge on any atom is 0.0834 e. The molecule has 0 aliphatic heterocycles. The van der Waals surface area contributed by atoms with Gasteiger partial charge < -0.3 is 10.5 Å². The quantitative estimate of drug-likeness (QED) is 0.836. The molecule has 1 heterocycles. The molecule has 2 N–H and O–H groups in total. The highest BCUT2D eigenvalue weighted by Crippen LogP contribution is 2.25. The molecule has 1 unspecified atom stereocenters. The van der Waals surface area contributed by atoms with Crippen LogP contribution in [0.3, 0.4) is 0 Å². The van der Waals surface area contributed by atoms with E-state index < -0.39 is 0 Å². The van der Waals surface area contributed by atoms with Crippen molar-refractivity contribution in [3.05, 3.63) is 16.9 Å². The SMILES string of the molecule is COCCn1ncc(Cl)c1C(N)CC(C)C. The summed E-state index contributed by atoms with van der Waals surface area (Å²) in [4.78, 5) is 0. The van der Waals surface area contributed by atoms with Crippen molar-refractivity contribution in [2.45, 2.75) is 32.9 Å². The molecule has 0 spiro atoms. The predicted molar refractivity (Wildman–Crippen MR) is 65.5 cm³/mol. The molecule has 92 valence electrons. The van der Waals surface area contributed by atoms with Crippen molar-refractivity contribution in [2.75, 3.05) is 13.7 Å². The minimum Gasteiger partial charge on any atom is -0.383 e. The maximum absolute atomic E-state index is 6.13. The lowest BCUT2D eigenvalue weighted by atomic mass is 10.0. The molecular formula is C11H20ClN3O. The van der Waals surface area contributed by atoms with Crippen LogP contribution in [0.5, 0.6) is 0 Å². The summed E-state index contributed by atoms with van der Waals surface area (Å²) in [6.07, 6.45) is 2.55. The number of rotatable bonds is 6. The molecule has 4 nitrogen and oxygen atoms in total. The van der Waals surface area contributed by atoms with Crippen LogP contribution in [0, 0.1) is 5.92 Å². The van der Waals surface area contributed by atoms with Gasteiger partial charge in [-0.25, -0.2) is 0 Å². The van der Waals surface area contributed by atoms with Crippen LogP contribution in [0.25, 0.3) is 0 Å². The van der Waals surface area contributed by atoms with Gasteiger partial charge in [-0.3, -0.25) is 4.68 Å². The van der Waals surface area contributed by atoms with Gasteiger partial charge in [-0.2, -0.15) is 5.10 Å². The first-order valence-corrected chi connectivity index (χ1v) is 5.89. The summed E-state index contributed by atoms with van der Waals surface area (Å²) in [5.41, 5.74) is 7.04. The van der Waals surface area contributed by atoms with E-state index in [0.717, 1.165) is 12.1 Å². The summed E-state index contributed by atoms with van der Waals surface area (Å²) >= 11 is 6.10. The Morgan fingerprint density at radius 2 is 2.25 bits per heavy atom. The number of aromatic nitrogens is 2. The summed E-state index contributed by atoms with van der Waals surface area (Å²) < 4.78 is 6.86. The highest BCUT2D eigenvalue weighted by atomic mass is 35.5. The Kier molecular flexibility index (Phi) is 5.25. The molecule has 0 amide bonds. The van der Waals surface area contributed by atoms with Gasteiger partial charge in [0.15, 0.2) is 0 Å². The maximum atomic E-state index is 6.13. The molecular weight excluding hydrogens is 226 g/mol. The summed E-state index contributed by atoms with van der Waals surface area (Å²) in [5.74, 6) is 0.539. The smallest absolute Gasteiger partial charge is 0.0834 e. The molecule has 1 rings (SSSR count). The molecule has 0 bridgehead atoms. The van der Waals surface area contributed by atoms with Gasteiger partial charge in [0.2, 0.25) is 0 Å². The summed E-state index contributed by atoms with van der Waals surface area (Å²) in [5, 5.41) is 4.85. The highest BCUT2D eigenvalue weighted by molar-refractivity contribution is 6.31. The normalized spacial score (nSPS) is 13.4. The zero-order valence-electron chi connectivity index (χ0n) is 10.1. The van der Waals surface area contributed by atoms with E-state index in [4.69, 9.17) is 22.1 Å². The fourth-order valence-electron chi connectivity index (χ4n) is 1.72. The van der Waals surface area contributed by atoms with Crippen LogP contribution >= 0.6 is 11.6 Å². The number of halogens is 1. The average Bonchev–Trinajstić information content (AvgIpc) is 2.55. The molecule has 0 radical (unpaired) electrons. The van der Waals surface area contributed by atoms with Crippen LogP contribution in [0.1, 0.15) is 32.0 Å². The van der Waals surface area contributed by atoms with Gasteiger partial charge in [-0.15, -0.1) is 0 Å². The molecule has 0 saturated heterocycles. The number of methoxy groups -OCH3 is 1. The van der Waals surface area contributed by atoms with Gasteiger partial charge in [0.05, 0.1) is 30.1 Å². The third kappa shape index (κ3) is 3.47. The van der Waals surface area contributed by atoms with E-state index in [-0.39, 0.29) is 6.04 Å². The minimum absolute atomic E-state index is 0.0631. The Hall–Kier alpha value is -0.580. The van der Waals surface area contributed by atoms with Gasteiger partial charge in [0, 0.05) is 13.2 Å². The highest BCUT2D eigenvalue weighted by Gasteiger charge is 2.17. The third-order valence-electron chi connectivity index (χ3n) is 2.42. The van der Waals surface area contributed by atoms with Crippen molar-refractivity contribution in [1.82, 2.24) is 9.78 Å². The third-order valence-corrected chi connectivity index (χ3v) is 2.71. The van der Waals surface area contributed by atoms with E-state index in [1.54, 1.807) is 13.3 Å². The average molecular weight is 246 g/mol.